The zero-order chi connectivity index (χ0) is 13.8. The Morgan fingerprint density at radius 3 is 2.89 bits per heavy atom. The topological polar surface area (TPSA) is 62.2 Å². The summed E-state index contributed by atoms with van der Waals surface area (Å²) in [6, 6.07) is 3.87. The number of amides is 1. The first-order chi connectivity index (χ1) is 9.11. The number of thiazole rings is 1. The first-order valence-electron chi connectivity index (χ1n) is 6.03. The highest BCUT2D eigenvalue weighted by atomic mass is 32.1. The van der Waals surface area contributed by atoms with Gasteiger partial charge in [0.25, 0.3) is 5.91 Å². The zero-order valence-electron chi connectivity index (χ0n) is 10.8. The van der Waals surface area contributed by atoms with Crippen LogP contribution < -0.4 is 5.32 Å². The van der Waals surface area contributed by atoms with Crippen LogP contribution in [-0.4, -0.2) is 28.6 Å². The van der Waals surface area contributed by atoms with E-state index in [-0.39, 0.29) is 24.5 Å². The molecule has 4 nitrogen and oxygen atoms in total. The van der Waals surface area contributed by atoms with Gasteiger partial charge in [0, 0.05) is 18.0 Å². The van der Waals surface area contributed by atoms with Gasteiger partial charge >= 0.3 is 0 Å². The van der Waals surface area contributed by atoms with Crippen LogP contribution in [0.15, 0.2) is 22.9 Å². The number of nitrogens with zero attached hydrogens (tertiary/aromatic N) is 1. The van der Waals surface area contributed by atoms with Crippen LogP contribution in [0.1, 0.15) is 24.3 Å². The van der Waals surface area contributed by atoms with E-state index in [2.05, 4.69) is 10.3 Å². The molecule has 1 amide bonds. The maximum Gasteiger partial charge on any atom is 0.270 e. The Morgan fingerprint density at radius 2 is 2.26 bits per heavy atom. The summed E-state index contributed by atoms with van der Waals surface area (Å²) in [5, 5.41) is 16.5. The van der Waals surface area contributed by atoms with Gasteiger partial charge in [-0.1, -0.05) is 13.0 Å². The molecule has 0 aliphatic rings. The standard InChI is InChI=1S/C13H16N2O2S2/c1-8(6-16)9(2)14-12(17)10-7-19-13(15-10)11-4-3-5-18-11/h3-5,7-9,16H,6H2,1-2H3,(H,14,17). The molecule has 2 atom stereocenters. The third-order valence-electron chi connectivity index (χ3n) is 2.97. The molecule has 0 radical (unpaired) electrons. The molecular weight excluding hydrogens is 280 g/mol. The van der Waals surface area contributed by atoms with E-state index >= 15 is 0 Å². The van der Waals surface area contributed by atoms with Crippen LogP contribution >= 0.6 is 22.7 Å². The van der Waals surface area contributed by atoms with Crippen LogP contribution in [-0.2, 0) is 0 Å². The summed E-state index contributed by atoms with van der Waals surface area (Å²) in [5.41, 5.74) is 0.436. The Morgan fingerprint density at radius 1 is 1.47 bits per heavy atom. The number of carbonyl (C=O) groups excluding carboxylic acids is 1. The van der Waals surface area contributed by atoms with Crippen molar-refractivity contribution in [2.75, 3.05) is 6.61 Å². The van der Waals surface area contributed by atoms with Gasteiger partial charge in [-0.25, -0.2) is 4.98 Å². The minimum absolute atomic E-state index is 0.0272. The third-order valence-corrected chi connectivity index (χ3v) is 4.85. The number of rotatable bonds is 5. The second-order valence-corrected chi connectivity index (χ2v) is 6.24. The van der Waals surface area contributed by atoms with E-state index in [0.717, 1.165) is 9.88 Å². The summed E-state index contributed by atoms with van der Waals surface area (Å²) in [4.78, 5) is 17.4. The summed E-state index contributed by atoms with van der Waals surface area (Å²) in [5.74, 6) is -0.161. The van der Waals surface area contributed by atoms with Gasteiger partial charge in [-0.05, 0) is 24.3 Å². The van der Waals surface area contributed by atoms with Crippen LogP contribution in [0.4, 0.5) is 0 Å². The van der Waals surface area contributed by atoms with Gasteiger partial charge in [0.2, 0.25) is 0 Å². The molecule has 0 aliphatic carbocycles. The smallest absolute Gasteiger partial charge is 0.270 e. The second kappa shape index (κ2) is 6.27. The summed E-state index contributed by atoms with van der Waals surface area (Å²) in [6.07, 6.45) is 0. The molecule has 0 saturated heterocycles. The lowest BCUT2D eigenvalue weighted by molar-refractivity contribution is 0.0912. The maximum absolute atomic E-state index is 12.0. The van der Waals surface area contributed by atoms with Crippen molar-refractivity contribution in [3.05, 3.63) is 28.6 Å². The normalized spacial score (nSPS) is 14.1. The van der Waals surface area contributed by atoms with E-state index in [1.807, 2.05) is 31.4 Å². The first-order valence-corrected chi connectivity index (χ1v) is 7.79. The number of carbonyl (C=O) groups is 1. The SMILES string of the molecule is CC(CO)C(C)NC(=O)c1csc(-c2cccs2)n1. The largest absolute Gasteiger partial charge is 0.396 e. The molecule has 102 valence electrons. The number of thiophene rings is 1. The van der Waals surface area contributed by atoms with Crippen molar-refractivity contribution in [3.8, 4) is 9.88 Å². The van der Waals surface area contributed by atoms with Crippen molar-refractivity contribution >= 4 is 28.6 Å². The lowest BCUT2D eigenvalue weighted by Crippen LogP contribution is -2.38. The zero-order valence-corrected chi connectivity index (χ0v) is 12.4. The summed E-state index contributed by atoms with van der Waals surface area (Å²) in [6.45, 7) is 3.83. The fourth-order valence-electron chi connectivity index (χ4n) is 1.47. The van der Waals surface area contributed by atoms with Gasteiger partial charge in [-0.15, -0.1) is 22.7 Å². The molecule has 0 spiro atoms. The maximum atomic E-state index is 12.0. The van der Waals surface area contributed by atoms with Crippen LogP contribution in [0.3, 0.4) is 0 Å². The Kier molecular flexibility index (Phi) is 4.68. The fraction of sp³-hybridized carbons (Fsp3) is 0.385. The average molecular weight is 296 g/mol. The minimum atomic E-state index is -0.188. The van der Waals surface area contributed by atoms with Crippen LogP contribution in [0, 0.1) is 5.92 Å². The van der Waals surface area contributed by atoms with E-state index in [1.54, 1.807) is 16.7 Å². The molecule has 19 heavy (non-hydrogen) atoms. The molecule has 6 heteroatoms. The van der Waals surface area contributed by atoms with Gasteiger partial charge in [0.1, 0.15) is 10.7 Å². The highest BCUT2D eigenvalue weighted by molar-refractivity contribution is 7.20. The Bertz CT molecular complexity index is 537. The molecule has 2 unspecified atom stereocenters. The Hall–Kier alpha value is -1.24. The second-order valence-electron chi connectivity index (χ2n) is 4.44. The van der Waals surface area contributed by atoms with E-state index in [9.17, 15) is 4.79 Å². The number of nitrogens with one attached hydrogen (secondary N) is 1. The highest BCUT2D eigenvalue weighted by Crippen LogP contribution is 2.27. The van der Waals surface area contributed by atoms with E-state index in [1.165, 1.54) is 11.3 Å². The fourth-order valence-corrected chi connectivity index (χ4v) is 3.09. The van der Waals surface area contributed by atoms with Crippen molar-refractivity contribution < 1.29 is 9.90 Å². The van der Waals surface area contributed by atoms with Crippen molar-refractivity contribution in [3.63, 3.8) is 0 Å². The predicted octanol–water partition coefficient (Wildman–Crippen LogP) is 2.62. The molecule has 0 fully saturated rings. The number of hydrogen-bond donors (Lipinski definition) is 2. The first kappa shape index (κ1) is 14.2. The quantitative estimate of drug-likeness (QED) is 0.891. The van der Waals surface area contributed by atoms with Crippen molar-refractivity contribution in [2.24, 2.45) is 5.92 Å². The average Bonchev–Trinajstić information content (AvgIpc) is 3.07. The van der Waals surface area contributed by atoms with Gasteiger partial charge in [-0.2, -0.15) is 0 Å². The summed E-state index contributed by atoms with van der Waals surface area (Å²) >= 11 is 3.07. The number of aliphatic hydroxyl groups excluding tert-OH is 1. The molecule has 0 saturated carbocycles. The molecule has 2 aromatic rings. The molecule has 0 aromatic carbocycles. The highest BCUT2D eigenvalue weighted by Gasteiger charge is 2.17. The van der Waals surface area contributed by atoms with E-state index in [4.69, 9.17) is 5.11 Å². The van der Waals surface area contributed by atoms with Gasteiger partial charge in [0.05, 0.1) is 4.88 Å². The molecule has 0 aliphatic heterocycles. The van der Waals surface area contributed by atoms with E-state index < -0.39 is 0 Å². The summed E-state index contributed by atoms with van der Waals surface area (Å²) in [7, 11) is 0. The number of aliphatic hydroxyl groups is 1. The van der Waals surface area contributed by atoms with Crippen LogP contribution in [0.2, 0.25) is 0 Å². The molecule has 2 heterocycles. The minimum Gasteiger partial charge on any atom is -0.396 e. The monoisotopic (exact) mass is 296 g/mol. The molecule has 0 bridgehead atoms. The van der Waals surface area contributed by atoms with Gasteiger partial charge in [0.15, 0.2) is 0 Å². The Labute approximate surface area is 120 Å². The van der Waals surface area contributed by atoms with Gasteiger partial charge in [-0.3, -0.25) is 4.79 Å². The third kappa shape index (κ3) is 3.40. The number of hydrogen-bond acceptors (Lipinski definition) is 5. The predicted molar refractivity (Wildman–Crippen MR) is 78.6 cm³/mol. The van der Waals surface area contributed by atoms with Gasteiger partial charge < -0.3 is 10.4 Å². The molecular formula is C13H16N2O2S2. The number of aromatic nitrogens is 1. The Balaban J connectivity index is 2.04. The van der Waals surface area contributed by atoms with Crippen LogP contribution in [0.5, 0.6) is 0 Å². The molecule has 2 rings (SSSR count). The van der Waals surface area contributed by atoms with Crippen molar-refractivity contribution in [1.82, 2.24) is 10.3 Å². The molecule has 2 aromatic heterocycles. The molecule has 2 N–H and O–H groups in total. The van der Waals surface area contributed by atoms with Crippen molar-refractivity contribution in [2.45, 2.75) is 19.9 Å². The van der Waals surface area contributed by atoms with Crippen molar-refractivity contribution in [1.29, 1.82) is 0 Å². The summed E-state index contributed by atoms with van der Waals surface area (Å²) < 4.78 is 0. The lowest BCUT2D eigenvalue weighted by Gasteiger charge is -2.18. The lowest BCUT2D eigenvalue weighted by atomic mass is 10.1. The van der Waals surface area contributed by atoms with E-state index in [0.29, 0.717) is 5.69 Å². The van der Waals surface area contributed by atoms with Crippen LogP contribution in [0.25, 0.3) is 9.88 Å².